The van der Waals surface area contributed by atoms with Crippen molar-refractivity contribution in [2.24, 2.45) is 0 Å². The van der Waals surface area contributed by atoms with Crippen LogP contribution in [-0.2, 0) is 30.3 Å². The maximum atomic E-state index is 11.9. The fourth-order valence-electron chi connectivity index (χ4n) is 2.15. The zero-order chi connectivity index (χ0) is 18.9. The number of rotatable bonds is 8. The highest BCUT2D eigenvalue weighted by atomic mass is 16.6. The van der Waals surface area contributed by atoms with E-state index in [1.807, 2.05) is 0 Å². The Hall–Kier alpha value is -3.10. The number of hydrogen-bond acceptors (Lipinski definition) is 8. The number of nitrogens with one attached hydrogen (secondary N) is 1. The molecule has 1 N–H and O–H groups in total. The number of amides is 1. The van der Waals surface area contributed by atoms with Crippen LogP contribution in [0.5, 0.6) is 17.2 Å². The molecule has 2 rings (SSSR count). The van der Waals surface area contributed by atoms with Gasteiger partial charge >= 0.3 is 5.97 Å². The molecule has 0 unspecified atom stereocenters. The van der Waals surface area contributed by atoms with Gasteiger partial charge in [-0.3, -0.25) is 4.79 Å². The maximum Gasteiger partial charge on any atom is 0.377 e. The van der Waals surface area contributed by atoms with Crippen molar-refractivity contribution in [3.8, 4) is 17.2 Å². The lowest BCUT2D eigenvalue weighted by Crippen LogP contribution is -2.29. The molecule has 1 aliphatic rings. The van der Waals surface area contributed by atoms with Crippen LogP contribution >= 0.6 is 0 Å². The van der Waals surface area contributed by atoms with Gasteiger partial charge in [0.25, 0.3) is 5.91 Å². The molecule has 0 spiro atoms. The molecule has 9 heteroatoms. The molecule has 1 aromatic carbocycles. The van der Waals surface area contributed by atoms with Gasteiger partial charge in [0.1, 0.15) is 25.2 Å². The summed E-state index contributed by atoms with van der Waals surface area (Å²) in [6.07, 6.45) is 1.16. The van der Waals surface area contributed by atoms with Gasteiger partial charge in [0.15, 0.2) is 18.1 Å². The van der Waals surface area contributed by atoms with Crippen molar-refractivity contribution in [3.05, 3.63) is 29.7 Å². The third-order valence-corrected chi connectivity index (χ3v) is 3.45. The Bertz CT molecular complexity index is 686. The molecule has 26 heavy (non-hydrogen) atoms. The fourth-order valence-corrected chi connectivity index (χ4v) is 2.15. The maximum absolute atomic E-state index is 11.9. The number of methoxy groups -OCH3 is 3. The SMILES string of the molecule is COc1cc(OC)c(OC)cc1CNC(=O)COC(=O)C1=COCCO1. The second-order valence-corrected chi connectivity index (χ2v) is 5.07. The first-order valence-electron chi connectivity index (χ1n) is 7.76. The van der Waals surface area contributed by atoms with Crippen LogP contribution in [0.25, 0.3) is 0 Å². The monoisotopic (exact) mass is 367 g/mol. The lowest BCUT2D eigenvalue weighted by molar-refractivity contribution is -0.149. The normalized spacial score (nSPS) is 12.8. The average molecular weight is 367 g/mol. The Kier molecular flexibility index (Phi) is 6.95. The van der Waals surface area contributed by atoms with Crippen molar-refractivity contribution in [1.82, 2.24) is 5.32 Å². The Morgan fingerprint density at radius 2 is 1.73 bits per heavy atom. The highest BCUT2D eigenvalue weighted by molar-refractivity contribution is 5.88. The molecule has 0 aliphatic carbocycles. The minimum atomic E-state index is -0.761. The molecule has 1 heterocycles. The van der Waals surface area contributed by atoms with E-state index in [9.17, 15) is 9.59 Å². The number of benzene rings is 1. The van der Waals surface area contributed by atoms with E-state index in [0.29, 0.717) is 29.4 Å². The van der Waals surface area contributed by atoms with Crippen molar-refractivity contribution in [2.75, 3.05) is 41.2 Å². The number of carbonyl (C=O) groups is 2. The highest BCUT2D eigenvalue weighted by Crippen LogP contribution is 2.34. The zero-order valence-corrected chi connectivity index (χ0v) is 14.8. The third kappa shape index (κ3) is 4.95. The van der Waals surface area contributed by atoms with Gasteiger partial charge in [-0.1, -0.05) is 0 Å². The van der Waals surface area contributed by atoms with Gasteiger partial charge in [-0.05, 0) is 6.07 Å². The Morgan fingerprint density at radius 1 is 1.04 bits per heavy atom. The van der Waals surface area contributed by atoms with Crippen molar-refractivity contribution < 1.29 is 38.0 Å². The molecule has 0 bridgehead atoms. The summed E-state index contributed by atoms with van der Waals surface area (Å²) in [5.74, 6) is 0.237. The minimum absolute atomic E-state index is 0.0642. The average Bonchev–Trinajstić information content (AvgIpc) is 2.70. The van der Waals surface area contributed by atoms with E-state index in [0.717, 1.165) is 6.26 Å². The van der Waals surface area contributed by atoms with E-state index >= 15 is 0 Å². The number of esters is 1. The topological polar surface area (TPSA) is 102 Å². The second kappa shape index (κ2) is 9.40. The van der Waals surface area contributed by atoms with Gasteiger partial charge in [-0.2, -0.15) is 0 Å². The van der Waals surface area contributed by atoms with Crippen LogP contribution in [0, 0.1) is 0 Å². The van der Waals surface area contributed by atoms with Crippen molar-refractivity contribution in [3.63, 3.8) is 0 Å². The molecule has 1 aliphatic heterocycles. The Labute approximate surface area is 150 Å². The molecule has 9 nitrogen and oxygen atoms in total. The standard InChI is InChI=1S/C17H21NO8/c1-21-12-7-14(23-3)13(22-2)6-11(12)8-18-16(19)10-26-17(20)15-9-24-4-5-25-15/h6-7,9H,4-5,8,10H2,1-3H3,(H,18,19). The summed E-state index contributed by atoms with van der Waals surface area (Å²) in [4.78, 5) is 23.6. The summed E-state index contributed by atoms with van der Waals surface area (Å²) in [5, 5.41) is 2.64. The van der Waals surface area contributed by atoms with Gasteiger partial charge in [0.05, 0.1) is 21.3 Å². The summed E-state index contributed by atoms with van der Waals surface area (Å²) >= 11 is 0. The summed E-state index contributed by atoms with van der Waals surface area (Å²) in [7, 11) is 4.54. The first-order valence-corrected chi connectivity index (χ1v) is 7.76. The summed E-state index contributed by atoms with van der Waals surface area (Å²) in [6, 6.07) is 3.36. The molecule has 1 aromatic rings. The third-order valence-electron chi connectivity index (χ3n) is 3.45. The predicted molar refractivity (Wildman–Crippen MR) is 88.9 cm³/mol. The Morgan fingerprint density at radius 3 is 2.35 bits per heavy atom. The molecule has 0 aromatic heterocycles. The molecule has 142 valence electrons. The van der Waals surface area contributed by atoms with Crippen molar-refractivity contribution >= 4 is 11.9 Å². The molecule has 0 saturated carbocycles. The number of ether oxygens (including phenoxy) is 6. The highest BCUT2D eigenvalue weighted by Gasteiger charge is 2.18. The van der Waals surface area contributed by atoms with Gasteiger partial charge in [-0.15, -0.1) is 0 Å². The fraction of sp³-hybridized carbons (Fsp3) is 0.412. The second-order valence-electron chi connectivity index (χ2n) is 5.07. The number of hydrogen-bond donors (Lipinski definition) is 1. The van der Waals surface area contributed by atoms with E-state index in [1.165, 1.54) is 21.3 Å². The van der Waals surface area contributed by atoms with E-state index < -0.39 is 18.5 Å². The van der Waals surface area contributed by atoms with Crippen LogP contribution in [0.2, 0.25) is 0 Å². The van der Waals surface area contributed by atoms with Gasteiger partial charge < -0.3 is 33.7 Å². The molecular weight excluding hydrogens is 346 g/mol. The molecule has 0 atom stereocenters. The van der Waals surface area contributed by atoms with Crippen LogP contribution in [-0.4, -0.2) is 53.0 Å². The Balaban J connectivity index is 1.90. The molecule has 0 fully saturated rings. The van der Waals surface area contributed by atoms with E-state index in [1.54, 1.807) is 12.1 Å². The van der Waals surface area contributed by atoms with E-state index in [-0.39, 0.29) is 18.9 Å². The van der Waals surface area contributed by atoms with Gasteiger partial charge in [0, 0.05) is 18.2 Å². The lowest BCUT2D eigenvalue weighted by Gasteiger charge is -2.15. The molecule has 0 saturated heterocycles. The van der Waals surface area contributed by atoms with Crippen LogP contribution in [0.3, 0.4) is 0 Å². The zero-order valence-electron chi connectivity index (χ0n) is 14.8. The molecule has 0 radical (unpaired) electrons. The van der Waals surface area contributed by atoms with Crippen LogP contribution in [0.15, 0.2) is 24.2 Å². The summed E-state index contributed by atoms with van der Waals surface area (Å²) in [6.45, 7) is 0.327. The summed E-state index contributed by atoms with van der Waals surface area (Å²) in [5.41, 5.74) is 0.677. The van der Waals surface area contributed by atoms with E-state index in [2.05, 4.69) is 5.32 Å². The van der Waals surface area contributed by atoms with Crippen molar-refractivity contribution in [1.29, 1.82) is 0 Å². The largest absolute Gasteiger partial charge is 0.496 e. The van der Waals surface area contributed by atoms with Crippen LogP contribution < -0.4 is 19.5 Å². The van der Waals surface area contributed by atoms with Gasteiger partial charge in [-0.25, -0.2) is 4.79 Å². The van der Waals surface area contributed by atoms with Crippen molar-refractivity contribution in [2.45, 2.75) is 6.54 Å². The smallest absolute Gasteiger partial charge is 0.377 e. The quantitative estimate of drug-likeness (QED) is 0.672. The lowest BCUT2D eigenvalue weighted by atomic mass is 10.1. The molecular formula is C17H21NO8. The van der Waals surface area contributed by atoms with Crippen LogP contribution in [0.1, 0.15) is 5.56 Å². The van der Waals surface area contributed by atoms with Gasteiger partial charge in [0.2, 0.25) is 5.76 Å². The first kappa shape index (κ1) is 19.2. The first-order chi connectivity index (χ1) is 12.6. The molecule has 1 amide bonds. The van der Waals surface area contributed by atoms with E-state index in [4.69, 9.17) is 28.4 Å². The summed E-state index contributed by atoms with van der Waals surface area (Å²) < 4.78 is 30.6. The number of carbonyl (C=O) groups excluding carboxylic acids is 2. The predicted octanol–water partition coefficient (Wildman–Crippen LogP) is 0.760. The van der Waals surface area contributed by atoms with Crippen LogP contribution in [0.4, 0.5) is 0 Å². The minimum Gasteiger partial charge on any atom is -0.496 e.